The van der Waals surface area contributed by atoms with E-state index in [2.05, 4.69) is 15.3 Å². The molecule has 2 heterocycles. The van der Waals surface area contributed by atoms with Crippen LogP contribution in [0.25, 0.3) is 0 Å². The third-order valence-corrected chi connectivity index (χ3v) is 4.70. The Labute approximate surface area is 164 Å². The average molecular weight is 399 g/mol. The Morgan fingerprint density at radius 3 is 2.43 bits per heavy atom. The molecule has 0 unspecified atom stereocenters. The van der Waals surface area contributed by atoms with Crippen LogP contribution >= 0.6 is 11.6 Å². The molecule has 9 heteroatoms. The fourth-order valence-electron chi connectivity index (χ4n) is 3.07. The third-order valence-electron chi connectivity index (χ3n) is 4.45. The van der Waals surface area contributed by atoms with Crippen molar-refractivity contribution >= 4 is 17.3 Å². The van der Waals surface area contributed by atoms with Crippen LogP contribution in [0.1, 0.15) is 22.5 Å². The first kappa shape index (κ1) is 18.0. The number of methoxy groups -OCH3 is 2. The van der Waals surface area contributed by atoms with E-state index in [0.29, 0.717) is 28.1 Å². The summed E-state index contributed by atoms with van der Waals surface area (Å²) in [5.74, 6) is 1.37. The highest BCUT2D eigenvalue weighted by Gasteiger charge is 2.23. The van der Waals surface area contributed by atoms with Gasteiger partial charge in [0.1, 0.15) is 0 Å². The molecule has 2 aromatic carbocycles. The third kappa shape index (κ3) is 2.97. The number of hydrogen-bond acceptors (Lipinski definition) is 6. The van der Waals surface area contributed by atoms with Gasteiger partial charge in [-0.3, -0.25) is 9.59 Å². The highest BCUT2D eigenvalue weighted by molar-refractivity contribution is 6.30. The van der Waals surface area contributed by atoms with Crippen molar-refractivity contribution in [1.82, 2.24) is 14.9 Å². The van der Waals surface area contributed by atoms with Crippen molar-refractivity contribution in [3.05, 3.63) is 84.6 Å². The zero-order valence-electron chi connectivity index (χ0n) is 15.0. The zero-order chi connectivity index (χ0) is 19.8. The van der Waals surface area contributed by atoms with Crippen LogP contribution in [0.2, 0.25) is 5.02 Å². The number of nitrogens with one attached hydrogen (secondary N) is 1. The SMILES string of the molecule is COc1cc2c(cc1OC)C(c1ccc(Cl)cc1)=Nn1c(n[nH]c(=O)c1=O)C2. The van der Waals surface area contributed by atoms with Crippen molar-refractivity contribution in [1.29, 1.82) is 0 Å². The maximum atomic E-state index is 12.4. The fourth-order valence-corrected chi connectivity index (χ4v) is 3.20. The molecule has 0 saturated heterocycles. The molecule has 1 aromatic heterocycles. The maximum Gasteiger partial charge on any atom is 0.339 e. The van der Waals surface area contributed by atoms with Crippen LogP contribution < -0.4 is 20.6 Å². The Kier molecular flexibility index (Phi) is 4.48. The molecular weight excluding hydrogens is 384 g/mol. The van der Waals surface area contributed by atoms with Gasteiger partial charge in [-0.2, -0.15) is 14.9 Å². The van der Waals surface area contributed by atoms with Gasteiger partial charge in [-0.15, -0.1) is 0 Å². The lowest BCUT2D eigenvalue weighted by Crippen LogP contribution is -2.37. The first-order valence-electron chi connectivity index (χ1n) is 8.32. The summed E-state index contributed by atoms with van der Waals surface area (Å²) in [5, 5.41) is 11.3. The topological polar surface area (TPSA) is 98.6 Å². The van der Waals surface area contributed by atoms with Crippen molar-refractivity contribution in [2.24, 2.45) is 5.10 Å². The van der Waals surface area contributed by atoms with E-state index in [1.807, 2.05) is 6.07 Å². The monoisotopic (exact) mass is 398 g/mol. The highest BCUT2D eigenvalue weighted by atomic mass is 35.5. The summed E-state index contributed by atoms with van der Waals surface area (Å²) < 4.78 is 11.9. The molecule has 4 rings (SSSR count). The minimum atomic E-state index is -0.843. The Hall–Kier alpha value is -3.39. The second-order valence-corrected chi connectivity index (χ2v) is 6.52. The summed E-state index contributed by atoms with van der Waals surface area (Å²) in [7, 11) is 3.09. The van der Waals surface area contributed by atoms with Gasteiger partial charge in [-0.1, -0.05) is 23.7 Å². The molecule has 0 fully saturated rings. The molecule has 0 bridgehead atoms. The number of hydrogen-bond donors (Lipinski definition) is 1. The number of rotatable bonds is 3. The summed E-state index contributed by atoms with van der Waals surface area (Å²) >= 11 is 6.01. The smallest absolute Gasteiger partial charge is 0.339 e. The van der Waals surface area contributed by atoms with Crippen molar-refractivity contribution in [3.63, 3.8) is 0 Å². The normalized spacial score (nSPS) is 12.5. The van der Waals surface area contributed by atoms with Gasteiger partial charge in [-0.25, -0.2) is 5.10 Å². The van der Waals surface area contributed by atoms with E-state index in [1.165, 1.54) is 0 Å². The lowest BCUT2D eigenvalue weighted by molar-refractivity contribution is 0.354. The molecule has 0 atom stereocenters. The first-order valence-corrected chi connectivity index (χ1v) is 8.70. The highest BCUT2D eigenvalue weighted by Crippen LogP contribution is 2.34. The van der Waals surface area contributed by atoms with E-state index in [1.54, 1.807) is 44.6 Å². The standard InChI is InChI=1S/C19H15ClN4O4/c1-27-14-7-11-8-16-21-22-18(25)19(26)24(16)23-17(13(11)9-15(14)28-2)10-3-5-12(20)6-4-10/h3-7,9H,8H2,1-2H3,(H,22,25). The molecule has 8 nitrogen and oxygen atoms in total. The van der Waals surface area contributed by atoms with Gasteiger partial charge in [0.15, 0.2) is 17.3 Å². The van der Waals surface area contributed by atoms with E-state index < -0.39 is 11.1 Å². The van der Waals surface area contributed by atoms with Crippen LogP contribution in [0, 0.1) is 0 Å². The molecule has 0 spiro atoms. The van der Waals surface area contributed by atoms with Crippen LogP contribution in [0.5, 0.6) is 11.5 Å². The number of aromatic amines is 1. The largest absolute Gasteiger partial charge is 0.493 e. The molecule has 1 aliphatic rings. The molecule has 0 amide bonds. The average Bonchev–Trinajstić information content (AvgIpc) is 2.87. The fraction of sp³-hybridized carbons (Fsp3) is 0.158. The number of ether oxygens (including phenoxy) is 2. The summed E-state index contributed by atoms with van der Waals surface area (Å²) in [6.45, 7) is 0. The van der Waals surface area contributed by atoms with Gasteiger partial charge in [-0.05, 0) is 29.8 Å². The molecule has 3 aromatic rings. The second kappa shape index (κ2) is 6.97. The molecule has 0 aliphatic carbocycles. The summed E-state index contributed by atoms with van der Waals surface area (Å²) in [6, 6.07) is 10.6. The number of benzene rings is 2. The van der Waals surface area contributed by atoms with Crippen LogP contribution in [-0.4, -0.2) is 34.8 Å². The lowest BCUT2D eigenvalue weighted by atomic mass is 9.95. The van der Waals surface area contributed by atoms with Crippen molar-refractivity contribution in [2.75, 3.05) is 14.2 Å². The second-order valence-electron chi connectivity index (χ2n) is 6.08. The predicted octanol–water partition coefficient (Wildman–Crippen LogP) is 1.81. The van der Waals surface area contributed by atoms with Crippen molar-refractivity contribution < 1.29 is 9.47 Å². The van der Waals surface area contributed by atoms with Crippen LogP contribution in [0.4, 0.5) is 0 Å². The molecule has 28 heavy (non-hydrogen) atoms. The number of nitrogens with zero attached hydrogens (tertiary/aromatic N) is 3. The van der Waals surface area contributed by atoms with E-state index in [9.17, 15) is 9.59 Å². The van der Waals surface area contributed by atoms with Crippen LogP contribution in [0.15, 0.2) is 51.1 Å². The maximum absolute atomic E-state index is 12.4. The van der Waals surface area contributed by atoms with E-state index in [4.69, 9.17) is 21.1 Å². The Bertz CT molecular complexity index is 1210. The molecule has 1 N–H and O–H groups in total. The molecular formula is C19H15ClN4O4. The number of H-pyrrole nitrogens is 1. The van der Waals surface area contributed by atoms with Crippen molar-refractivity contribution in [2.45, 2.75) is 6.42 Å². The van der Waals surface area contributed by atoms with Gasteiger partial charge in [0.25, 0.3) is 0 Å². The van der Waals surface area contributed by atoms with E-state index in [-0.39, 0.29) is 6.42 Å². The number of fused-ring (bicyclic) bond motifs is 2. The molecule has 1 aliphatic heterocycles. The lowest BCUT2D eigenvalue weighted by Gasteiger charge is -2.14. The van der Waals surface area contributed by atoms with Gasteiger partial charge < -0.3 is 9.47 Å². The minimum Gasteiger partial charge on any atom is -0.493 e. The van der Waals surface area contributed by atoms with Gasteiger partial charge in [0, 0.05) is 22.6 Å². The van der Waals surface area contributed by atoms with E-state index in [0.717, 1.165) is 21.4 Å². The summed E-state index contributed by atoms with van der Waals surface area (Å²) in [6.07, 6.45) is 0.266. The Morgan fingerprint density at radius 1 is 1.07 bits per heavy atom. The van der Waals surface area contributed by atoms with Gasteiger partial charge >= 0.3 is 11.1 Å². The Balaban J connectivity index is 2.06. The summed E-state index contributed by atoms with van der Waals surface area (Å²) in [5.41, 5.74) is 1.11. The Morgan fingerprint density at radius 2 is 1.75 bits per heavy atom. The van der Waals surface area contributed by atoms with Gasteiger partial charge in [0.2, 0.25) is 0 Å². The van der Waals surface area contributed by atoms with Gasteiger partial charge in [0.05, 0.1) is 19.9 Å². The molecule has 0 radical (unpaired) electrons. The summed E-state index contributed by atoms with van der Waals surface area (Å²) in [4.78, 5) is 24.2. The number of halogens is 1. The zero-order valence-corrected chi connectivity index (χ0v) is 15.8. The van der Waals surface area contributed by atoms with Crippen molar-refractivity contribution in [3.8, 4) is 11.5 Å². The number of aromatic nitrogens is 3. The quantitative estimate of drug-likeness (QED) is 0.531. The molecule has 142 valence electrons. The first-order chi connectivity index (χ1) is 13.5. The molecule has 0 saturated carbocycles. The predicted molar refractivity (Wildman–Crippen MR) is 104 cm³/mol. The minimum absolute atomic E-state index is 0.266. The van der Waals surface area contributed by atoms with Crippen LogP contribution in [0.3, 0.4) is 0 Å². The van der Waals surface area contributed by atoms with E-state index >= 15 is 0 Å². The van der Waals surface area contributed by atoms with Crippen LogP contribution in [-0.2, 0) is 6.42 Å².